The Balaban J connectivity index is 3.14. The maximum Gasteiger partial charge on any atom is 0.230 e. The third-order valence-corrected chi connectivity index (χ3v) is 1.72. The fourth-order valence-electron chi connectivity index (χ4n) is 0.515. The molecule has 0 aliphatic rings. The molecule has 11 heavy (non-hydrogen) atoms. The molecule has 0 spiro atoms. The van der Waals surface area contributed by atoms with Gasteiger partial charge < -0.3 is 10.4 Å². The number of thiocarbonyl (C=S) groups is 1. The molecule has 0 saturated carbocycles. The highest BCUT2D eigenvalue weighted by molar-refractivity contribution is 9.09. The zero-order valence-corrected chi connectivity index (χ0v) is 8.37. The minimum Gasteiger partial charge on any atom is -0.502 e. The summed E-state index contributed by atoms with van der Waals surface area (Å²) >= 11 is 7.45. The number of carbonyl (C=O) groups excluding carboxylic acids is 1. The highest BCUT2D eigenvalue weighted by atomic mass is 79.9. The van der Waals surface area contributed by atoms with Gasteiger partial charge in [0.15, 0.2) is 5.05 Å². The Morgan fingerprint density at radius 3 is 2.73 bits per heavy atom. The average molecular weight is 240 g/mol. The molecule has 2 N–H and O–H groups in total. The van der Waals surface area contributed by atoms with Crippen LogP contribution in [0.25, 0.3) is 0 Å². The summed E-state index contributed by atoms with van der Waals surface area (Å²) < 4.78 is 0. The van der Waals surface area contributed by atoms with Gasteiger partial charge in [0.05, 0.1) is 5.33 Å². The van der Waals surface area contributed by atoms with Crippen LogP contribution in [-0.2, 0) is 4.79 Å². The fourth-order valence-corrected chi connectivity index (χ4v) is 0.857. The molecular weight excluding hydrogens is 230 g/mol. The van der Waals surface area contributed by atoms with Crippen LogP contribution in [0.3, 0.4) is 0 Å². The molecule has 0 aromatic heterocycles. The fraction of sp³-hybridized carbons (Fsp3) is 0.667. The highest BCUT2D eigenvalue weighted by Gasteiger charge is 1.96. The Bertz CT molecular complexity index is 152. The van der Waals surface area contributed by atoms with Crippen molar-refractivity contribution in [1.82, 2.24) is 5.32 Å². The molecule has 0 heterocycles. The van der Waals surface area contributed by atoms with Gasteiger partial charge in [-0.2, -0.15) is 0 Å². The van der Waals surface area contributed by atoms with E-state index in [0.717, 1.165) is 0 Å². The standard InChI is InChI=1S/C6H10BrNO2S/c7-4-5(9)8-3-1-2-6(10)11/h1-4H2,(H,8,9)(H,10,11). The normalized spacial score (nSPS) is 9.18. The number of hydrogen-bond donors (Lipinski definition) is 2. The second-order valence-corrected chi connectivity index (χ2v) is 3.01. The monoisotopic (exact) mass is 239 g/mol. The molecule has 0 fully saturated rings. The lowest BCUT2D eigenvalue weighted by Crippen LogP contribution is -2.25. The molecule has 0 saturated heterocycles. The molecule has 64 valence electrons. The number of amides is 1. The van der Waals surface area contributed by atoms with E-state index < -0.39 is 0 Å². The molecule has 0 atom stereocenters. The number of nitrogens with one attached hydrogen (secondary N) is 1. The van der Waals surface area contributed by atoms with Crippen molar-refractivity contribution in [3.05, 3.63) is 0 Å². The number of rotatable bonds is 5. The first-order valence-corrected chi connectivity index (χ1v) is 4.74. The van der Waals surface area contributed by atoms with Crippen molar-refractivity contribution in [2.45, 2.75) is 12.8 Å². The minimum atomic E-state index is -0.0474. The zero-order valence-electron chi connectivity index (χ0n) is 5.97. The van der Waals surface area contributed by atoms with Gasteiger partial charge in [-0.05, 0) is 18.6 Å². The smallest absolute Gasteiger partial charge is 0.230 e. The molecule has 0 radical (unpaired) electrons. The topological polar surface area (TPSA) is 49.3 Å². The maximum atomic E-state index is 10.6. The van der Waals surface area contributed by atoms with E-state index in [4.69, 9.17) is 5.11 Å². The van der Waals surface area contributed by atoms with Crippen LogP contribution < -0.4 is 5.32 Å². The van der Waals surface area contributed by atoms with E-state index in [1.165, 1.54) is 0 Å². The van der Waals surface area contributed by atoms with Crippen molar-refractivity contribution in [3.8, 4) is 0 Å². The summed E-state index contributed by atoms with van der Waals surface area (Å²) in [5.41, 5.74) is 0. The van der Waals surface area contributed by atoms with Crippen molar-refractivity contribution >= 4 is 39.1 Å². The number of carbonyl (C=O) groups is 1. The van der Waals surface area contributed by atoms with Crippen LogP contribution in [0.5, 0.6) is 0 Å². The van der Waals surface area contributed by atoms with E-state index in [2.05, 4.69) is 33.5 Å². The molecule has 3 nitrogen and oxygen atoms in total. The lowest BCUT2D eigenvalue weighted by Gasteiger charge is -2.00. The van der Waals surface area contributed by atoms with Gasteiger partial charge in [-0.3, -0.25) is 4.79 Å². The van der Waals surface area contributed by atoms with E-state index in [1.54, 1.807) is 0 Å². The molecule has 0 bridgehead atoms. The quantitative estimate of drug-likeness (QED) is 0.430. The van der Waals surface area contributed by atoms with Gasteiger partial charge in [0, 0.05) is 13.0 Å². The Hall–Kier alpha value is -0.160. The van der Waals surface area contributed by atoms with E-state index in [-0.39, 0.29) is 11.0 Å². The number of alkyl halides is 1. The lowest BCUT2D eigenvalue weighted by atomic mass is 10.3. The summed E-state index contributed by atoms with van der Waals surface area (Å²) in [6.07, 6.45) is 1.16. The first-order chi connectivity index (χ1) is 5.16. The lowest BCUT2D eigenvalue weighted by molar-refractivity contribution is -0.118. The molecule has 1 amide bonds. The molecule has 0 aliphatic heterocycles. The third kappa shape index (κ3) is 7.74. The number of aliphatic hydroxyl groups excluding tert-OH is 1. The Morgan fingerprint density at radius 1 is 1.64 bits per heavy atom. The molecule has 0 aliphatic carbocycles. The summed E-state index contributed by atoms with van der Waals surface area (Å²) in [6, 6.07) is 0. The first kappa shape index (κ1) is 10.8. The Morgan fingerprint density at radius 2 is 2.27 bits per heavy atom. The number of hydrogen-bond acceptors (Lipinski definition) is 2. The van der Waals surface area contributed by atoms with Crippen molar-refractivity contribution in [2.75, 3.05) is 11.9 Å². The van der Waals surface area contributed by atoms with Crippen molar-refractivity contribution in [3.63, 3.8) is 0 Å². The van der Waals surface area contributed by atoms with Crippen molar-refractivity contribution < 1.29 is 9.90 Å². The van der Waals surface area contributed by atoms with E-state index >= 15 is 0 Å². The molecule has 0 aromatic rings. The Labute approximate surface area is 79.3 Å². The summed E-state index contributed by atoms with van der Waals surface area (Å²) in [5, 5.41) is 11.5. The summed E-state index contributed by atoms with van der Waals surface area (Å²) in [5.74, 6) is -0.0474. The van der Waals surface area contributed by atoms with Gasteiger partial charge in [-0.25, -0.2) is 0 Å². The number of halogens is 1. The number of aliphatic hydroxyl groups is 1. The van der Waals surface area contributed by atoms with Crippen LogP contribution in [0, 0.1) is 0 Å². The van der Waals surface area contributed by atoms with E-state index in [1.807, 2.05) is 0 Å². The average Bonchev–Trinajstić information content (AvgIpc) is 1.97. The van der Waals surface area contributed by atoms with Gasteiger partial charge in [-0.1, -0.05) is 15.9 Å². The zero-order chi connectivity index (χ0) is 8.69. The SMILES string of the molecule is O=C(CBr)NCCCC(O)=S. The summed E-state index contributed by atoms with van der Waals surface area (Å²) in [6.45, 7) is 0.561. The van der Waals surface area contributed by atoms with Crippen LogP contribution >= 0.6 is 28.1 Å². The molecular formula is C6H10BrNO2S. The van der Waals surface area contributed by atoms with Gasteiger partial charge in [0.1, 0.15) is 0 Å². The van der Waals surface area contributed by atoms with Crippen molar-refractivity contribution in [1.29, 1.82) is 0 Å². The van der Waals surface area contributed by atoms with Gasteiger partial charge in [0.25, 0.3) is 0 Å². The minimum absolute atomic E-state index is 0.00177. The van der Waals surface area contributed by atoms with Crippen LogP contribution in [0.15, 0.2) is 0 Å². The third-order valence-electron chi connectivity index (χ3n) is 1.01. The van der Waals surface area contributed by atoms with Gasteiger partial charge >= 0.3 is 0 Å². The predicted molar refractivity (Wildman–Crippen MR) is 51.3 cm³/mol. The largest absolute Gasteiger partial charge is 0.502 e. The first-order valence-electron chi connectivity index (χ1n) is 3.21. The maximum absolute atomic E-state index is 10.6. The highest BCUT2D eigenvalue weighted by Crippen LogP contribution is 1.88. The van der Waals surface area contributed by atoms with Crippen LogP contribution in [-0.4, -0.2) is 27.9 Å². The molecule has 0 unspecified atom stereocenters. The van der Waals surface area contributed by atoms with Gasteiger partial charge in [-0.15, -0.1) is 0 Å². The van der Waals surface area contributed by atoms with E-state index in [0.29, 0.717) is 24.7 Å². The van der Waals surface area contributed by atoms with Crippen LogP contribution in [0.4, 0.5) is 0 Å². The Kier molecular flexibility index (Phi) is 6.45. The summed E-state index contributed by atoms with van der Waals surface area (Å²) in [4.78, 5) is 10.6. The molecule has 0 rings (SSSR count). The molecule has 5 heteroatoms. The van der Waals surface area contributed by atoms with E-state index in [9.17, 15) is 4.79 Å². The second-order valence-electron chi connectivity index (χ2n) is 1.98. The van der Waals surface area contributed by atoms with Gasteiger partial charge in [0.2, 0.25) is 5.91 Å². The summed E-state index contributed by atoms with van der Waals surface area (Å²) in [7, 11) is 0. The second kappa shape index (κ2) is 6.54. The van der Waals surface area contributed by atoms with Crippen LogP contribution in [0.2, 0.25) is 0 Å². The van der Waals surface area contributed by atoms with Crippen molar-refractivity contribution in [2.24, 2.45) is 0 Å². The predicted octanol–water partition coefficient (Wildman–Crippen LogP) is 1.16. The van der Waals surface area contributed by atoms with Crippen LogP contribution in [0.1, 0.15) is 12.8 Å². The molecule has 0 aromatic carbocycles.